The zero-order chi connectivity index (χ0) is 22.8. The fourth-order valence-corrected chi connectivity index (χ4v) is 5.39. The maximum absolute atomic E-state index is 12.1. The SMILES string of the molecule is CS(=O)(=O)c1ccccc1CN1CCN(Cc2cc3cc(-c4cccnc4)ccc3o2)CC1. The quantitative estimate of drug-likeness (QED) is 0.428. The van der Waals surface area contributed by atoms with Crippen molar-refractivity contribution in [3.05, 3.63) is 84.4 Å². The summed E-state index contributed by atoms with van der Waals surface area (Å²) in [5.41, 5.74) is 3.99. The molecule has 2 aromatic heterocycles. The molecule has 0 bridgehead atoms. The Labute approximate surface area is 194 Å². The van der Waals surface area contributed by atoms with Gasteiger partial charge in [-0.25, -0.2) is 8.42 Å². The Morgan fingerprint density at radius 2 is 1.64 bits per heavy atom. The molecule has 0 amide bonds. The van der Waals surface area contributed by atoms with Crippen LogP contribution in [-0.2, 0) is 22.9 Å². The molecule has 0 unspecified atom stereocenters. The van der Waals surface area contributed by atoms with Crippen molar-refractivity contribution in [3.8, 4) is 11.1 Å². The van der Waals surface area contributed by atoms with Crippen molar-refractivity contribution in [2.45, 2.75) is 18.0 Å². The monoisotopic (exact) mass is 461 g/mol. The molecule has 0 aliphatic carbocycles. The van der Waals surface area contributed by atoms with Gasteiger partial charge in [-0.15, -0.1) is 0 Å². The lowest BCUT2D eigenvalue weighted by atomic mass is 10.1. The highest BCUT2D eigenvalue weighted by Gasteiger charge is 2.21. The van der Waals surface area contributed by atoms with E-state index in [0.717, 1.165) is 66.1 Å². The van der Waals surface area contributed by atoms with Gasteiger partial charge in [0, 0.05) is 62.3 Å². The minimum absolute atomic E-state index is 0.431. The Kier molecular flexibility index (Phi) is 6.01. The summed E-state index contributed by atoms with van der Waals surface area (Å²) in [5, 5.41) is 1.10. The van der Waals surface area contributed by atoms with Crippen LogP contribution < -0.4 is 0 Å². The van der Waals surface area contributed by atoms with Crippen LogP contribution >= 0.6 is 0 Å². The molecule has 2 aromatic carbocycles. The molecule has 1 fully saturated rings. The Balaban J connectivity index is 1.22. The number of sulfone groups is 1. The average molecular weight is 462 g/mol. The van der Waals surface area contributed by atoms with Gasteiger partial charge < -0.3 is 4.42 Å². The van der Waals surface area contributed by atoms with Gasteiger partial charge in [0.25, 0.3) is 0 Å². The number of hydrogen-bond donors (Lipinski definition) is 0. The highest BCUT2D eigenvalue weighted by molar-refractivity contribution is 7.90. The van der Waals surface area contributed by atoms with Crippen molar-refractivity contribution in [2.24, 2.45) is 0 Å². The molecule has 1 saturated heterocycles. The van der Waals surface area contributed by atoms with E-state index in [4.69, 9.17) is 4.42 Å². The number of nitrogens with zero attached hydrogens (tertiary/aromatic N) is 3. The zero-order valence-corrected chi connectivity index (χ0v) is 19.5. The summed E-state index contributed by atoms with van der Waals surface area (Å²) in [7, 11) is -3.22. The minimum Gasteiger partial charge on any atom is -0.460 e. The lowest BCUT2D eigenvalue weighted by Gasteiger charge is -2.34. The lowest BCUT2D eigenvalue weighted by molar-refractivity contribution is 0.116. The Morgan fingerprint density at radius 3 is 2.36 bits per heavy atom. The number of piperazine rings is 1. The summed E-state index contributed by atoms with van der Waals surface area (Å²) in [6.45, 7) is 5.04. The van der Waals surface area contributed by atoms with Crippen LogP contribution in [0.15, 0.2) is 82.4 Å². The number of hydrogen-bond acceptors (Lipinski definition) is 6. The standard InChI is InChI=1S/C26H27N3O3S/c1-33(30,31)26-7-3-2-5-22(26)18-28-11-13-29(14-12-28)19-24-16-23-15-20(8-9-25(23)32-24)21-6-4-10-27-17-21/h2-10,15-17H,11-14,18-19H2,1H3. The summed E-state index contributed by atoms with van der Waals surface area (Å²) < 4.78 is 30.3. The van der Waals surface area contributed by atoms with Gasteiger partial charge in [-0.1, -0.05) is 30.3 Å². The second-order valence-corrected chi connectivity index (χ2v) is 10.6. The normalized spacial score (nSPS) is 15.8. The highest BCUT2D eigenvalue weighted by Crippen LogP contribution is 2.27. The third-order valence-corrected chi connectivity index (χ3v) is 7.37. The third kappa shape index (κ3) is 5.00. The van der Waals surface area contributed by atoms with Crippen LogP contribution in [0.25, 0.3) is 22.1 Å². The molecular weight excluding hydrogens is 434 g/mol. The molecule has 0 saturated carbocycles. The van der Waals surface area contributed by atoms with Gasteiger partial charge in [-0.05, 0) is 41.5 Å². The Hall–Kier alpha value is -3.00. The van der Waals surface area contributed by atoms with Crippen LogP contribution in [-0.4, -0.2) is 55.6 Å². The van der Waals surface area contributed by atoms with E-state index < -0.39 is 9.84 Å². The molecule has 0 radical (unpaired) electrons. The van der Waals surface area contributed by atoms with Gasteiger partial charge in [-0.2, -0.15) is 0 Å². The summed E-state index contributed by atoms with van der Waals surface area (Å²) in [6.07, 6.45) is 4.93. The van der Waals surface area contributed by atoms with Gasteiger partial charge in [-0.3, -0.25) is 14.8 Å². The van der Waals surface area contributed by atoms with Crippen LogP contribution in [0.5, 0.6) is 0 Å². The molecule has 4 aromatic rings. The van der Waals surface area contributed by atoms with E-state index in [1.54, 1.807) is 18.3 Å². The molecule has 0 atom stereocenters. The maximum atomic E-state index is 12.1. The van der Waals surface area contributed by atoms with Gasteiger partial charge in [0.05, 0.1) is 11.4 Å². The highest BCUT2D eigenvalue weighted by atomic mass is 32.2. The number of furan rings is 1. The van der Waals surface area contributed by atoms with Crippen LogP contribution in [0.2, 0.25) is 0 Å². The first-order valence-corrected chi connectivity index (χ1v) is 13.0. The van der Waals surface area contributed by atoms with E-state index in [-0.39, 0.29) is 0 Å². The van der Waals surface area contributed by atoms with Gasteiger partial charge in [0.2, 0.25) is 0 Å². The molecule has 170 valence electrons. The predicted octanol–water partition coefficient (Wildman–Crippen LogP) is 4.22. The molecule has 7 heteroatoms. The molecule has 33 heavy (non-hydrogen) atoms. The number of fused-ring (bicyclic) bond motifs is 1. The zero-order valence-electron chi connectivity index (χ0n) is 18.6. The maximum Gasteiger partial charge on any atom is 0.175 e. The van der Waals surface area contributed by atoms with Crippen LogP contribution in [0.1, 0.15) is 11.3 Å². The minimum atomic E-state index is -3.22. The van der Waals surface area contributed by atoms with Crippen molar-refractivity contribution in [1.82, 2.24) is 14.8 Å². The summed E-state index contributed by atoms with van der Waals surface area (Å²) >= 11 is 0. The summed E-state index contributed by atoms with van der Waals surface area (Å²) in [4.78, 5) is 9.35. The molecule has 0 spiro atoms. The van der Waals surface area contributed by atoms with E-state index in [1.807, 2.05) is 30.5 Å². The number of benzene rings is 2. The fraction of sp³-hybridized carbons (Fsp3) is 0.269. The van der Waals surface area contributed by atoms with Gasteiger partial charge in [0.15, 0.2) is 9.84 Å². The topological polar surface area (TPSA) is 66.7 Å². The molecule has 1 aliphatic rings. The second-order valence-electron chi connectivity index (χ2n) is 8.64. The fourth-order valence-electron chi connectivity index (χ4n) is 4.45. The molecule has 1 aliphatic heterocycles. The molecule has 6 nitrogen and oxygen atoms in total. The van der Waals surface area contributed by atoms with E-state index in [0.29, 0.717) is 11.4 Å². The van der Waals surface area contributed by atoms with E-state index in [2.05, 4.69) is 39.0 Å². The van der Waals surface area contributed by atoms with E-state index in [1.165, 1.54) is 6.26 Å². The summed E-state index contributed by atoms with van der Waals surface area (Å²) in [5.74, 6) is 0.962. The number of rotatable bonds is 6. The molecule has 5 rings (SSSR count). The third-order valence-electron chi connectivity index (χ3n) is 6.17. The van der Waals surface area contributed by atoms with Crippen molar-refractivity contribution in [3.63, 3.8) is 0 Å². The summed E-state index contributed by atoms with van der Waals surface area (Å²) in [6, 6.07) is 19.7. The largest absolute Gasteiger partial charge is 0.460 e. The smallest absolute Gasteiger partial charge is 0.175 e. The lowest BCUT2D eigenvalue weighted by Crippen LogP contribution is -2.45. The molecule has 3 heterocycles. The van der Waals surface area contributed by atoms with E-state index >= 15 is 0 Å². The predicted molar refractivity (Wildman–Crippen MR) is 130 cm³/mol. The van der Waals surface area contributed by atoms with Crippen molar-refractivity contribution in [2.75, 3.05) is 32.4 Å². The average Bonchev–Trinajstić information content (AvgIpc) is 3.22. The van der Waals surface area contributed by atoms with Gasteiger partial charge >= 0.3 is 0 Å². The Morgan fingerprint density at radius 1 is 0.879 bits per heavy atom. The van der Waals surface area contributed by atoms with Crippen LogP contribution in [0, 0.1) is 0 Å². The van der Waals surface area contributed by atoms with Gasteiger partial charge in [0.1, 0.15) is 11.3 Å². The van der Waals surface area contributed by atoms with Crippen molar-refractivity contribution in [1.29, 1.82) is 0 Å². The van der Waals surface area contributed by atoms with E-state index in [9.17, 15) is 8.42 Å². The molecule has 0 N–H and O–H groups in total. The van der Waals surface area contributed by atoms with Crippen LogP contribution in [0.4, 0.5) is 0 Å². The Bertz CT molecular complexity index is 1360. The first-order chi connectivity index (χ1) is 16.0. The number of pyridine rings is 1. The first-order valence-electron chi connectivity index (χ1n) is 11.1. The number of aromatic nitrogens is 1. The van der Waals surface area contributed by atoms with Crippen LogP contribution in [0.3, 0.4) is 0 Å². The first kappa shape index (κ1) is 21.8. The van der Waals surface area contributed by atoms with Crippen molar-refractivity contribution < 1.29 is 12.8 Å². The van der Waals surface area contributed by atoms with Crippen molar-refractivity contribution >= 4 is 20.8 Å². The molecular formula is C26H27N3O3S. The second kappa shape index (κ2) is 9.09.